The maximum absolute atomic E-state index is 13.0. The zero-order valence-corrected chi connectivity index (χ0v) is 55.4. The molecule has 0 fully saturated rings. The molecule has 492 valence electrons. The number of rotatable bonds is 62. The van der Waals surface area contributed by atoms with Crippen molar-refractivity contribution in [1.29, 1.82) is 0 Å². The van der Waals surface area contributed by atoms with Crippen LogP contribution >= 0.6 is 15.6 Å². The van der Waals surface area contributed by atoms with Crippen molar-refractivity contribution in [2.75, 3.05) is 39.6 Å². The van der Waals surface area contributed by atoms with Crippen LogP contribution in [0, 0.1) is 17.8 Å². The molecule has 17 nitrogen and oxygen atoms in total. The van der Waals surface area contributed by atoms with Crippen LogP contribution in [0.15, 0.2) is 0 Å². The highest BCUT2D eigenvalue weighted by Gasteiger charge is 2.30. The third kappa shape index (κ3) is 56.3. The van der Waals surface area contributed by atoms with Crippen LogP contribution in [0.4, 0.5) is 0 Å². The van der Waals surface area contributed by atoms with Crippen molar-refractivity contribution < 1.29 is 80.2 Å². The van der Waals surface area contributed by atoms with E-state index in [-0.39, 0.29) is 25.7 Å². The third-order valence-corrected chi connectivity index (χ3v) is 17.3. The molecule has 0 amide bonds. The second-order valence-corrected chi connectivity index (χ2v) is 27.0. The molecule has 0 aliphatic rings. The van der Waals surface area contributed by atoms with Crippen molar-refractivity contribution in [3.8, 4) is 0 Å². The summed E-state index contributed by atoms with van der Waals surface area (Å²) in [6, 6.07) is 0. The summed E-state index contributed by atoms with van der Waals surface area (Å²) in [6.07, 6.45) is 36.2. The summed E-state index contributed by atoms with van der Waals surface area (Å²) in [5.74, 6) is 0.0641. The molecule has 0 aromatic rings. The maximum atomic E-state index is 13.0. The number of hydrogen-bond acceptors (Lipinski definition) is 15. The fourth-order valence-corrected chi connectivity index (χ4v) is 11.0. The van der Waals surface area contributed by atoms with Gasteiger partial charge in [0, 0.05) is 25.7 Å². The molecule has 19 heteroatoms. The number of hydrogen-bond donors (Lipinski definition) is 3. The van der Waals surface area contributed by atoms with E-state index in [4.69, 9.17) is 37.0 Å². The summed E-state index contributed by atoms with van der Waals surface area (Å²) in [7, 11) is -9.89. The van der Waals surface area contributed by atoms with Crippen LogP contribution in [0.25, 0.3) is 0 Å². The van der Waals surface area contributed by atoms with Crippen molar-refractivity contribution in [3.63, 3.8) is 0 Å². The Hall–Kier alpha value is -1.94. The van der Waals surface area contributed by atoms with E-state index in [1.165, 1.54) is 116 Å². The first-order chi connectivity index (χ1) is 39.8. The second-order valence-electron chi connectivity index (χ2n) is 24.1. The molecule has 7 atom stereocenters. The monoisotopic (exact) mass is 1230 g/mol. The van der Waals surface area contributed by atoms with Crippen molar-refractivity contribution in [3.05, 3.63) is 0 Å². The molecule has 4 unspecified atom stereocenters. The van der Waals surface area contributed by atoms with Crippen LogP contribution in [-0.4, -0.2) is 96.7 Å². The highest BCUT2D eigenvalue weighted by atomic mass is 31.2. The van der Waals surface area contributed by atoms with Crippen LogP contribution in [0.2, 0.25) is 0 Å². The van der Waals surface area contributed by atoms with E-state index < -0.39 is 97.5 Å². The van der Waals surface area contributed by atoms with E-state index >= 15 is 0 Å². The number of esters is 4. The minimum absolute atomic E-state index is 0.103. The second kappa shape index (κ2) is 55.4. The zero-order chi connectivity index (χ0) is 61.7. The van der Waals surface area contributed by atoms with Gasteiger partial charge in [-0.05, 0) is 43.4 Å². The molecule has 83 heavy (non-hydrogen) atoms. The Morgan fingerprint density at radius 3 is 0.916 bits per heavy atom. The molecular formula is C64H124O17P2. The van der Waals surface area contributed by atoms with Gasteiger partial charge in [0.1, 0.15) is 19.3 Å². The Morgan fingerprint density at radius 2 is 0.614 bits per heavy atom. The minimum Gasteiger partial charge on any atom is -0.462 e. The normalized spacial score (nSPS) is 15.0. The van der Waals surface area contributed by atoms with Gasteiger partial charge in [-0.1, -0.05) is 260 Å². The Bertz CT molecular complexity index is 1650. The number of unbranched alkanes of at least 4 members (excludes halogenated alkanes) is 28. The van der Waals surface area contributed by atoms with Crippen LogP contribution in [0.5, 0.6) is 0 Å². The number of aliphatic hydroxyl groups is 1. The lowest BCUT2D eigenvalue weighted by atomic mass is 10.00. The third-order valence-electron chi connectivity index (χ3n) is 15.4. The first kappa shape index (κ1) is 81.1. The summed E-state index contributed by atoms with van der Waals surface area (Å²) in [5.41, 5.74) is 0. The van der Waals surface area contributed by atoms with E-state index in [2.05, 4.69) is 48.5 Å². The van der Waals surface area contributed by atoms with Crippen molar-refractivity contribution in [2.45, 2.75) is 330 Å². The van der Waals surface area contributed by atoms with Crippen molar-refractivity contribution in [2.24, 2.45) is 17.8 Å². The van der Waals surface area contributed by atoms with Gasteiger partial charge in [-0.25, -0.2) is 9.13 Å². The van der Waals surface area contributed by atoms with Gasteiger partial charge in [0.15, 0.2) is 12.2 Å². The van der Waals surface area contributed by atoms with Gasteiger partial charge in [0.25, 0.3) is 0 Å². The predicted octanol–water partition coefficient (Wildman–Crippen LogP) is 17.5. The topological polar surface area (TPSA) is 237 Å². The molecule has 0 spiro atoms. The SMILES string of the molecule is CCCCCCCCCCCCC(=O)OC[C@H](COP(=O)(O)OC[C@H](O)COP(=O)(O)OC[C@@H](COC(=O)CCCCCCCCC(C)CC)OC(=O)CCCCCCCCCCCCC(C)C)OC(=O)CCCCCCCCC(C)CC. The van der Waals surface area contributed by atoms with Gasteiger partial charge in [0.2, 0.25) is 0 Å². The Morgan fingerprint density at radius 1 is 0.349 bits per heavy atom. The lowest BCUT2D eigenvalue weighted by Gasteiger charge is -2.21. The van der Waals surface area contributed by atoms with Crippen molar-refractivity contribution >= 4 is 39.5 Å². The number of phosphoric ester groups is 2. The highest BCUT2D eigenvalue weighted by Crippen LogP contribution is 2.45. The lowest BCUT2D eigenvalue weighted by Crippen LogP contribution is -2.30. The molecule has 0 bridgehead atoms. The average Bonchev–Trinajstić information content (AvgIpc) is 3.45. The Balaban J connectivity index is 5.26. The summed E-state index contributed by atoms with van der Waals surface area (Å²) in [4.78, 5) is 72.2. The van der Waals surface area contributed by atoms with Gasteiger partial charge in [-0.3, -0.25) is 37.3 Å². The molecule has 0 heterocycles. The number of phosphoric acid groups is 2. The highest BCUT2D eigenvalue weighted by molar-refractivity contribution is 7.47. The largest absolute Gasteiger partial charge is 0.472 e. The number of aliphatic hydroxyl groups excluding tert-OH is 1. The van der Waals surface area contributed by atoms with Crippen LogP contribution in [0.1, 0.15) is 312 Å². The number of carbonyl (C=O) groups excluding carboxylic acids is 4. The zero-order valence-electron chi connectivity index (χ0n) is 53.6. The molecule has 0 radical (unpaired) electrons. The Kier molecular flexibility index (Phi) is 54.1. The van der Waals surface area contributed by atoms with Gasteiger partial charge in [-0.2, -0.15) is 0 Å². The first-order valence-corrected chi connectivity index (χ1v) is 36.4. The van der Waals surface area contributed by atoms with E-state index in [0.717, 1.165) is 114 Å². The van der Waals surface area contributed by atoms with Gasteiger partial charge >= 0.3 is 39.5 Å². The van der Waals surface area contributed by atoms with Crippen molar-refractivity contribution in [1.82, 2.24) is 0 Å². The van der Waals surface area contributed by atoms with E-state index in [1.807, 2.05) is 0 Å². The smallest absolute Gasteiger partial charge is 0.462 e. The van der Waals surface area contributed by atoms with Crippen LogP contribution < -0.4 is 0 Å². The quantitative estimate of drug-likeness (QED) is 0.0222. The van der Waals surface area contributed by atoms with E-state index in [9.17, 15) is 43.2 Å². The van der Waals surface area contributed by atoms with Crippen LogP contribution in [-0.2, 0) is 65.4 Å². The molecular weight excluding hydrogens is 1100 g/mol. The standard InChI is InChI=1S/C64H124O17P2/c1-8-11-12-13-14-15-19-22-31-38-45-61(66)74-51-60(81-64(69)48-41-34-27-25-30-37-44-57(7)10-3)54-79-83(72,73)77-50-58(65)49-76-82(70,71)78-53-59(52-75-62(67)46-39-32-26-24-29-36-43-56(6)9-2)80-63(68)47-40-33-23-20-17-16-18-21-28-35-42-55(4)5/h55-60,65H,8-54H2,1-7H3,(H,70,71)(H,72,73)/t56?,57?,58-,59-,60-/m1/s1. The molecule has 0 aromatic carbocycles. The molecule has 0 aliphatic heterocycles. The number of carbonyl (C=O) groups is 4. The van der Waals surface area contributed by atoms with Gasteiger partial charge in [0.05, 0.1) is 26.4 Å². The summed E-state index contributed by atoms with van der Waals surface area (Å²) < 4.78 is 68.0. The molecule has 0 rings (SSSR count). The van der Waals surface area contributed by atoms with Crippen LogP contribution in [0.3, 0.4) is 0 Å². The average molecular weight is 1230 g/mol. The minimum atomic E-state index is -4.95. The lowest BCUT2D eigenvalue weighted by molar-refractivity contribution is -0.161. The molecule has 3 N–H and O–H groups in total. The Labute approximate surface area is 505 Å². The molecule has 0 aromatic heterocycles. The summed E-state index contributed by atoms with van der Waals surface area (Å²) >= 11 is 0. The fourth-order valence-electron chi connectivity index (χ4n) is 9.42. The fraction of sp³-hybridized carbons (Fsp3) is 0.938. The molecule has 0 saturated heterocycles. The van der Waals surface area contributed by atoms with E-state index in [0.29, 0.717) is 25.7 Å². The first-order valence-electron chi connectivity index (χ1n) is 33.4. The van der Waals surface area contributed by atoms with E-state index in [1.54, 1.807) is 0 Å². The van der Waals surface area contributed by atoms with Gasteiger partial charge in [-0.15, -0.1) is 0 Å². The van der Waals surface area contributed by atoms with Gasteiger partial charge < -0.3 is 33.8 Å². The molecule has 0 saturated carbocycles. The molecule has 0 aliphatic carbocycles. The maximum Gasteiger partial charge on any atom is 0.472 e. The summed E-state index contributed by atoms with van der Waals surface area (Å²) in [6.45, 7) is 11.7. The number of ether oxygens (including phenoxy) is 4. The summed E-state index contributed by atoms with van der Waals surface area (Å²) in [5, 5.41) is 10.5. The predicted molar refractivity (Wildman–Crippen MR) is 331 cm³/mol.